The smallest absolute Gasteiger partial charge is 0.226 e. The molecule has 2 amide bonds. The van der Waals surface area contributed by atoms with E-state index in [2.05, 4.69) is 50.2 Å². The molecule has 2 aromatic carbocycles. The second kappa shape index (κ2) is 11.1. The average molecular weight is 463 g/mol. The van der Waals surface area contributed by atoms with Crippen LogP contribution in [-0.2, 0) is 28.9 Å². The molecule has 0 N–H and O–H groups in total. The molecule has 0 radical (unpaired) electrons. The van der Waals surface area contributed by atoms with Crippen molar-refractivity contribution < 1.29 is 14.3 Å². The Morgan fingerprint density at radius 1 is 0.941 bits per heavy atom. The van der Waals surface area contributed by atoms with Crippen molar-refractivity contribution in [3.05, 3.63) is 64.7 Å². The molecular formula is C29H38N2O3. The zero-order chi connectivity index (χ0) is 24.1. The van der Waals surface area contributed by atoms with Crippen molar-refractivity contribution in [1.82, 2.24) is 9.80 Å². The summed E-state index contributed by atoms with van der Waals surface area (Å²) in [6.07, 6.45) is 5.13. The van der Waals surface area contributed by atoms with Gasteiger partial charge in [-0.25, -0.2) is 0 Å². The van der Waals surface area contributed by atoms with E-state index in [1.165, 1.54) is 11.1 Å². The van der Waals surface area contributed by atoms with Gasteiger partial charge in [0.15, 0.2) is 0 Å². The number of carbonyl (C=O) groups is 2. The van der Waals surface area contributed by atoms with Crippen LogP contribution in [0.2, 0.25) is 0 Å². The SMILES string of the molecule is CCc1ccc(CC(=O)N2CCC(CC(C)c3ccc(CC(=O)N4CCC4)cc3OC)C2)cc1. The van der Waals surface area contributed by atoms with Crippen LogP contribution in [-0.4, -0.2) is 54.9 Å². The number of hydrogen-bond acceptors (Lipinski definition) is 3. The quantitative estimate of drug-likeness (QED) is 0.547. The molecule has 0 aromatic heterocycles. The molecule has 2 atom stereocenters. The van der Waals surface area contributed by atoms with Crippen LogP contribution in [0.5, 0.6) is 5.75 Å². The van der Waals surface area contributed by atoms with Crippen LogP contribution in [0.4, 0.5) is 0 Å². The van der Waals surface area contributed by atoms with Gasteiger partial charge >= 0.3 is 0 Å². The summed E-state index contributed by atoms with van der Waals surface area (Å²) in [5.41, 5.74) is 4.59. The van der Waals surface area contributed by atoms with E-state index in [0.717, 1.165) is 68.7 Å². The maximum atomic E-state index is 12.8. The molecular weight excluding hydrogens is 424 g/mol. The molecule has 2 heterocycles. The predicted octanol–water partition coefficient (Wildman–Crippen LogP) is 4.62. The molecule has 0 aliphatic carbocycles. The third-order valence-corrected chi connectivity index (χ3v) is 7.50. The van der Waals surface area contributed by atoms with Crippen LogP contribution in [0.1, 0.15) is 61.3 Å². The molecule has 5 nitrogen and oxygen atoms in total. The van der Waals surface area contributed by atoms with Crippen LogP contribution in [0, 0.1) is 5.92 Å². The lowest BCUT2D eigenvalue weighted by Gasteiger charge is -2.31. The summed E-state index contributed by atoms with van der Waals surface area (Å²) in [4.78, 5) is 29.1. The first-order valence-corrected chi connectivity index (χ1v) is 12.8. The lowest BCUT2D eigenvalue weighted by molar-refractivity contribution is -0.133. The molecule has 2 aromatic rings. The first kappa shape index (κ1) is 24.3. The number of likely N-dealkylation sites (tertiary alicyclic amines) is 2. The topological polar surface area (TPSA) is 49.9 Å². The lowest BCUT2D eigenvalue weighted by Crippen LogP contribution is -2.42. The number of rotatable bonds is 9. The highest BCUT2D eigenvalue weighted by molar-refractivity contribution is 5.80. The molecule has 182 valence electrons. The molecule has 2 unspecified atom stereocenters. The van der Waals surface area contributed by atoms with E-state index in [1.807, 2.05) is 15.9 Å². The van der Waals surface area contributed by atoms with Crippen molar-refractivity contribution in [3.63, 3.8) is 0 Å². The Kier molecular flexibility index (Phi) is 7.91. The minimum absolute atomic E-state index is 0.200. The Hall–Kier alpha value is -2.82. The van der Waals surface area contributed by atoms with Crippen LogP contribution < -0.4 is 4.74 Å². The van der Waals surface area contributed by atoms with Gasteiger partial charge in [-0.15, -0.1) is 0 Å². The van der Waals surface area contributed by atoms with Gasteiger partial charge in [-0.1, -0.05) is 50.2 Å². The summed E-state index contributed by atoms with van der Waals surface area (Å²) in [6.45, 7) is 7.83. The molecule has 0 bridgehead atoms. The van der Waals surface area contributed by atoms with Crippen molar-refractivity contribution in [3.8, 4) is 5.75 Å². The van der Waals surface area contributed by atoms with Crippen molar-refractivity contribution in [2.75, 3.05) is 33.3 Å². The fourth-order valence-corrected chi connectivity index (χ4v) is 5.18. The van der Waals surface area contributed by atoms with Gasteiger partial charge in [-0.3, -0.25) is 9.59 Å². The Morgan fingerprint density at radius 2 is 1.59 bits per heavy atom. The predicted molar refractivity (Wildman–Crippen MR) is 135 cm³/mol. The summed E-state index contributed by atoms with van der Waals surface area (Å²) in [7, 11) is 1.70. The van der Waals surface area contributed by atoms with Gasteiger partial charge in [0.05, 0.1) is 20.0 Å². The van der Waals surface area contributed by atoms with Crippen LogP contribution in [0.15, 0.2) is 42.5 Å². The van der Waals surface area contributed by atoms with Crippen molar-refractivity contribution in [2.45, 2.75) is 58.3 Å². The maximum absolute atomic E-state index is 12.8. The second-order valence-corrected chi connectivity index (χ2v) is 9.97. The molecule has 0 saturated carbocycles. The van der Waals surface area contributed by atoms with Gasteiger partial charge in [0.1, 0.15) is 5.75 Å². The van der Waals surface area contributed by atoms with E-state index in [9.17, 15) is 9.59 Å². The minimum Gasteiger partial charge on any atom is -0.496 e. The van der Waals surface area contributed by atoms with Gasteiger partial charge in [-0.05, 0) is 65.8 Å². The van der Waals surface area contributed by atoms with Crippen LogP contribution >= 0.6 is 0 Å². The van der Waals surface area contributed by atoms with E-state index < -0.39 is 0 Å². The largest absolute Gasteiger partial charge is 0.496 e. The first-order chi connectivity index (χ1) is 16.5. The number of carbonyl (C=O) groups excluding carboxylic acids is 2. The Bertz CT molecular complexity index is 997. The van der Waals surface area contributed by atoms with Crippen molar-refractivity contribution in [2.24, 2.45) is 5.92 Å². The molecule has 34 heavy (non-hydrogen) atoms. The minimum atomic E-state index is 0.200. The monoisotopic (exact) mass is 462 g/mol. The number of hydrogen-bond donors (Lipinski definition) is 0. The van der Waals surface area contributed by atoms with Crippen LogP contribution in [0.3, 0.4) is 0 Å². The molecule has 2 fully saturated rings. The summed E-state index contributed by atoms with van der Waals surface area (Å²) < 4.78 is 5.71. The fraction of sp³-hybridized carbons (Fsp3) is 0.517. The molecule has 2 aliphatic heterocycles. The maximum Gasteiger partial charge on any atom is 0.226 e. The zero-order valence-electron chi connectivity index (χ0n) is 20.9. The zero-order valence-corrected chi connectivity index (χ0v) is 20.9. The number of nitrogens with zero attached hydrogens (tertiary/aromatic N) is 2. The molecule has 0 spiro atoms. The third-order valence-electron chi connectivity index (χ3n) is 7.50. The summed E-state index contributed by atoms with van der Waals surface area (Å²) >= 11 is 0. The van der Waals surface area contributed by atoms with Crippen molar-refractivity contribution >= 4 is 11.8 Å². The highest BCUT2D eigenvalue weighted by atomic mass is 16.5. The van der Waals surface area contributed by atoms with E-state index in [1.54, 1.807) is 7.11 Å². The fourth-order valence-electron chi connectivity index (χ4n) is 5.18. The third kappa shape index (κ3) is 5.81. The van der Waals surface area contributed by atoms with Gasteiger partial charge in [0.2, 0.25) is 11.8 Å². The highest BCUT2D eigenvalue weighted by Gasteiger charge is 2.28. The molecule has 5 heteroatoms. The molecule has 2 saturated heterocycles. The Balaban J connectivity index is 1.31. The normalized spacial score (nSPS) is 18.5. The van der Waals surface area contributed by atoms with Crippen molar-refractivity contribution in [1.29, 1.82) is 0 Å². The summed E-state index contributed by atoms with van der Waals surface area (Å²) in [5.74, 6) is 2.12. The number of amides is 2. The Labute approximate surface area is 204 Å². The van der Waals surface area contributed by atoms with E-state index >= 15 is 0 Å². The Morgan fingerprint density at radius 3 is 2.24 bits per heavy atom. The number of ether oxygens (including phenoxy) is 1. The first-order valence-electron chi connectivity index (χ1n) is 12.8. The van der Waals surface area contributed by atoms with Gasteiger partial charge in [0.25, 0.3) is 0 Å². The average Bonchev–Trinajstić information content (AvgIpc) is 3.26. The van der Waals surface area contributed by atoms with Gasteiger partial charge in [-0.2, -0.15) is 0 Å². The lowest BCUT2D eigenvalue weighted by atomic mass is 9.88. The summed E-state index contributed by atoms with van der Waals surface area (Å²) in [5, 5.41) is 0. The van der Waals surface area contributed by atoms with Crippen LogP contribution in [0.25, 0.3) is 0 Å². The number of methoxy groups -OCH3 is 1. The van der Waals surface area contributed by atoms with Gasteiger partial charge in [0, 0.05) is 26.2 Å². The highest BCUT2D eigenvalue weighted by Crippen LogP contribution is 2.35. The number of aryl methyl sites for hydroxylation is 1. The van der Waals surface area contributed by atoms with E-state index in [4.69, 9.17) is 4.74 Å². The molecule has 2 aliphatic rings. The van der Waals surface area contributed by atoms with E-state index in [0.29, 0.717) is 24.7 Å². The molecule has 4 rings (SSSR count). The summed E-state index contributed by atoms with van der Waals surface area (Å²) in [6, 6.07) is 14.6. The standard InChI is InChI=1S/C29H38N2O3/c1-4-22-6-8-23(9-7-22)18-29(33)31-15-12-25(20-31)16-21(2)26-11-10-24(17-27(26)34-3)19-28(32)30-13-5-14-30/h6-11,17,21,25H,4-5,12-16,18-20H2,1-3H3. The number of benzene rings is 2. The van der Waals surface area contributed by atoms with E-state index in [-0.39, 0.29) is 11.8 Å². The second-order valence-electron chi connectivity index (χ2n) is 9.97. The van der Waals surface area contributed by atoms with Gasteiger partial charge < -0.3 is 14.5 Å².